The lowest BCUT2D eigenvalue weighted by atomic mass is 10.1. The van der Waals surface area contributed by atoms with Crippen molar-refractivity contribution in [1.29, 1.82) is 0 Å². The zero-order valence-electron chi connectivity index (χ0n) is 10.5. The Labute approximate surface area is 116 Å². The van der Waals surface area contributed by atoms with Crippen LogP contribution in [0.5, 0.6) is 0 Å². The monoisotopic (exact) mass is 303 g/mol. The first-order valence-electron chi connectivity index (χ1n) is 5.90. The number of anilines is 1. The molecule has 0 bridgehead atoms. The van der Waals surface area contributed by atoms with E-state index in [0.717, 1.165) is 18.2 Å². The molecule has 21 heavy (non-hydrogen) atoms. The van der Waals surface area contributed by atoms with Crippen molar-refractivity contribution in [3.05, 3.63) is 65.0 Å². The van der Waals surface area contributed by atoms with Crippen molar-refractivity contribution in [2.45, 2.75) is 6.10 Å². The van der Waals surface area contributed by atoms with Crippen molar-refractivity contribution in [2.24, 2.45) is 0 Å². The number of aliphatic hydroxyl groups excluding tert-OH is 1. The number of nitrogens with one attached hydrogen (secondary N) is 1. The Kier molecular flexibility index (Phi) is 4.42. The third-order valence-electron chi connectivity index (χ3n) is 2.83. The summed E-state index contributed by atoms with van der Waals surface area (Å²) < 4.78 is 65.9. The summed E-state index contributed by atoms with van der Waals surface area (Å²) in [6, 6.07) is 3.92. The lowest BCUT2D eigenvalue weighted by Crippen LogP contribution is -2.16. The fourth-order valence-corrected chi connectivity index (χ4v) is 1.80. The quantitative estimate of drug-likeness (QED) is 0.669. The predicted octanol–water partition coefficient (Wildman–Crippen LogP) is 3.53. The Morgan fingerprint density at radius 2 is 1.43 bits per heavy atom. The number of halogens is 5. The van der Waals surface area contributed by atoms with Gasteiger partial charge < -0.3 is 10.4 Å². The number of benzene rings is 2. The lowest BCUT2D eigenvalue weighted by molar-refractivity contribution is 0.181. The fourth-order valence-electron chi connectivity index (χ4n) is 1.80. The number of hydrogen-bond donors (Lipinski definition) is 2. The van der Waals surface area contributed by atoms with E-state index in [-0.39, 0.29) is 0 Å². The van der Waals surface area contributed by atoms with Gasteiger partial charge in [0.1, 0.15) is 23.6 Å². The average molecular weight is 303 g/mol. The van der Waals surface area contributed by atoms with Gasteiger partial charge in [0.2, 0.25) is 0 Å². The zero-order chi connectivity index (χ0) is 15.6. The smallest absolute Gasteiger partial charge is 0.161 e. The van der Waals surface area contributed by atoms with Crippen molar-refractivity contribution in [3.63, 3.8) is 0 Å². The van der Waals surface area contributed by atoms with Crippen LogP contribution in [0.15, 0.2) is 30.3 Å². The minimum absolute atomic E-state index is 0.327. The summed E-state index contributed by atoms with van der Waals surface area (Å²) in [5.41, 5.74) is -1.02. The molecule has 112 valence electrons. The Bertz CT molecular complexity index is 642. The highest BCUT2D eigenvalue weighted by Crippen LogP contribution is 2.23. The van der Waals surface area contributed by atoms with Crippen molar-refractivity contribution >= 4 is 5.69 Å². The summed E-state index contributed by atoms with van der Waals surface area (Å²) in [6.07, 6.45) is -1.63. The molecule has 2 aromatic carbocycles. The maximum atomic E-state index is 13.4. The van der Waals surface area contributed by atoms with E-state index in [2.05, 4.69) is 5.32 Å². The lowest BCUT2D eigenvalue weighted by Gasteiger charge is -2.15. The summed E-state index contributed by atoms with van der Waals surface area (Å²) in [7, 11) is 0. The van der Waals surface area contributed by atoms with Gasteiger partial charge in [0, 0.05) is 18.7 Å². The van der Waals surface area contributed by atoms with Crippen molar-refractivity contribution in [3.8, 4) is 0 Å². The molecule has 0 aliphatic heterocycles. The summed E-state index contributed by atoms with van der Waals surface area (Å²) in [5, 5.41) is 12.0. The molecule has 7 heteroatoms. The van der Waals surface area contributed by atoms with Gasteiger partial charge in [0.05, 0.1) is 11.3 Å². The largest absolute Gasteiger partial charge is 0.386 e. The molecular formula is C14H10F5NO. The van der Waals surface area contributed by atoms with Gasteiger partial charge in [-0.2, -0.15) is 0 Å². The SMILES string of the molecule is OC(CNc1cc(F)c(F)cc1F)c1c(F)cccc1F. The molecule has 0 aliphatic rings. The molecule has 0 fully saturated rings. The molecule has 1 atom stereocenters. The van der Waals surface area contributed by atoms with Gasteiger partial charge in [0.15, 0.2) is 11.6 Å². The van der Waals surface area contributed by atoms with Gasteiger partial charge in [-0.3, -0.25) is 0 Å². The molecule has 0 aromatic heterocycles. The van der Waals surface area contributed by atoms with E-state index < -0.39 is 53.0 Å². The predicted molar refractivity (Wildman–Crippen MR) is 66.1 cm³/mol. The second kappa shape index (κ2) is 6.09. The molecule has 0 saturated heterocycles. The van der Waals surface area contributed by atoms with Crippen LogP contribution in [0.3, 0.4) is 0 Å². The second-order valence-corrected chi connectivity index (χ2v) is 4.28. The standard InChI is InChI=1S/C14H10F5NO/c15-7-2-1-3-8(16)14(7)13(21)6-20-12-5-10(18)9(17)4-11(12)19/h1-5,13,20-21H,6H2. The van der Waals surface area contributed by atoms with Crippen LogP contribution in [0, 0.1) is 29.1 Å². The molecule has 0 spiro atoms. The Balaban J connectivity index is 2.15. The minimum atomic E-state index is -1.63. The van der Waals surface area contributed by atoms with Gasteiger partial charge in [-0.15, -0.1) is 0 Å². The van der Waals surface area contributed by atoms with Gasteiger partial charge >= 0.3 is 0 Å². The van der Waals surface area contributed by atoms with Gasteiger partial charge in [0.25, 0.3) is 0 Å². The van der Waals surface area contributed by atoms with Gasteiger partial charge in [-0.1, -0.05) is 6.07 Å². The van der Waals surface area contributed by atoms with Crippen LogP contribution in [-0.4, -0.2) is 11.7 Å². The maximum Gasteiger partial charge on any atom is 0.161 e. The van der Waals surface area contributed by atoms with Crippen LogP contribution < -0.4 is 5.32 Å². The van der Waals surface area contributed by atoms with E-state index in [4.69, 9.17) is 0 Å². The molecular weight excluding hydrogens is 293 g/mol. The molecule has 0 heterocycles. The molecule has 0 saturated carbocycles. The Morgan fingerprint density at radius 3 is 2.05 bits per heavy atom. The number of aliphatic hydroxyl groups is 1. The zero-order valence-corrected chi connectivity index (χ0v) is 10.5. The highest BCUT2D eigenvalue weighted by atomic mass is 19.2. The van der Waals surface area contributed by atoms with Crippen molar-refractivity contribution < 1.29 is 27.1 Å². The first-order valence-corrected chi connectivity index (χ1v) is 5.90. The second-order valence-electron chi connectivity index (χ2n) is 4.28. The maximum absolute atomic E-state index is 13.4. The molecule has 0 aliphatic carbocycles. The minimum Gasteiger partial charge on any atom is -0.386 e. The molecule has 2 aromatic rings. The van der Waals surface area contributed by atoms with Crippen molar-refractivity contribution in [2.75, 3.05) is 11.9 Å². The molecule has 2 rings (SSSR count). The third-order valence-corrected chi connectivity index (χ3v) is 2.83. The molecule has 0 amide bonds. The van der Waals surface area contributed by atoms with Crippen LogP contribution in [0.25, 0.3) is 0 Å². The number of rotatable bonds is 4. The first-order chi connectivity index (χ1) is 9.90. The van der Waals surface area contributed by atoms with E-state index in [0.29, 0.717) is 12.1 Å². The van der Waals surface area contributed by atoms with Crippen LogP contribution >= 0.6 is 0 Å². The van der Waals surface area contributed by atoms with Crippen LogP contribution in [-0.2, 0) is 0 Å². The topological polar surface area (TPSA) is 32.3 Å². The molecule has 1 unspecified atom stereocenters. The summed E-state index contributed by atoms with van der Waals surface area (Å²) >= 11 is 0. The van der Waals surface area contributed by atoms with Crippen LogP contribution in [0.1, 0.15) is 11.7 Å². The fraction of sp³-hybridized carbons (Fsp3) is 0.143. The summed E-state index contributed by atoms with van der Waals surface area (Å²) in [4.78, 5) is 0. The van der Waals surface area contributed by atoms with E-state index in [1.165, 1.54) is 0 Å². The van der Waals surface area contributed by atoms with E-state index >= 15 is 0 Å². The molecule has 0 radical (unpaired) electrons. The Morgan fingerprint density at radius 1 is 0.857 bits per heavy atom. The van der Waals surface area contributed by atoms with E-state index in [1.807, 2.05) is 0 Å². The van der Waals surface area contributed by atoms with E-state index in [9.17, 15) is 27.1 Å². The van der Waals surface area contributed by atoms with Crippen molar-refractivity contribution in [1.82, 2.24) is 0 Å². The van der Waals surface area contributed by atoms with Gasteiger partial charge in [-0.05, 0) is 12.1 Å². The summed E-state index contributed by atoms with van der Waals surface area (Å²) in [5.74, 6) is -5.66. The normalized spacial score (nSPS) is 12.3. The molecule has 2 N–H and O–H groups in total. The highest BCUT2D eigenvalue weighted by Gasteiger charge is 2.18. The summed E-state index contributed by atoms with van der Waals surface area (Å²) in [6.45, 7) is -0.486. The van der Waals surface area contributed by atoms with Gasteiger partial charge in [-0.25, -0.2) is 22.0 Å². The first kappa shape index (κ1) is 15.2. The van der Waals surface area contributed by atoms with Crippen LogP contribution in [0.4, 0.5) is 27.6 Å². The number of hydrogen-bond acceptors (Lipinski definition) is 2. The van der Waals surface area contributed by atoms with Crippen LogP contribution in [0.2, 0.25) is 0 Å². The highest BCUT2D eigenvalue weighted by molar-refractivity contribution is 5.45. The Hall–Kier alpha value is -2.15. The molecule has 2 nitrogen and oxygen atoms in total. The van der Waals surface area contributed by atoms with E-state index in [1.54, 1.807) is 0 Å². The average Bonchev–Trinajstić information content (AvgIpc) is 2.41. The third kappa shape index (κ3) is 3.30.